The van der Waals surface area contributed by atoms with Gasteiger partial charge in [0.2, 0.25) is 11.8 Å². The molecule has 0 aromatic heterocycles. The molecule has 2 amide bonds. The molecule has 4 nitrogen and oxygen atoms in total. The fourth-order valence-corrected chi connectivity index (χ4v) is 5.79. The predicted molar refractivity (Wildman–Crippen MR) is 118 cm³/mol. The number of benzene rings is 1. The molecule has 1 heterocycles. The van der Waals surface area contributed by atoms with Gasteiger partial charge in [0, 0.05) is 12.6 Å². The van der Waals surface area contributed by atoms with Gasteiger partial charge in [0.15, 0.2) is 0 Å². The summed E-state index contributed by atoms with van der Waals surface area (Å²) in [5, 5.41) is 2.19. The van der Waals surface area contributed by atoms with Crippen LogP contribution in [0.4, 0.5) is 0 Å². The third-order valence-corrected chi connectivity index (χ3v) is 7.25. The zero-order valence-corrected chi connectivity index (χ0v) is 19.1. The van der Waals surface area contributed by atoms with Crippen molar-refractivity contribution in [1.82, 2.24) is 10.2 Å². The Balaban J connectivity index is 1.77. The fourth-order valence-electron chi connectivity index (χ4n) is 5.58. The Bertz CT molecular complexity index is 751. The van der Waals surface area contributed by atoms with Crippen molar-refractivity contribution in [2.75, 3.05) is 6.54 Å². The Morgan fingerprint density at radius 2 is 1.86 bits per heavy atom. The van der Waals surface area contributed by atoms with Gasteiger partial charge in [-0.3, -0.25) is 9.59 Å². The lowest BCUT2D eigenvalue weighted by Crippen LogP contribution is -2.53. The zero-order chi connectivity index (χ0) is 21.4. The number of nitrogens with one attached hydrogen (secondary N) is 1. The van der Waals surface area contributed by atoms with E-state index in [9.17, 15) is 9.59 Å². The van der Waals surface area contributed by atoms with Gasteiger partial charge in [0.25, 0.3) is 0 Å². The van der Waals surface area contributed by atoms with Gasteiger partial charge in [-0.2, -0.15) is 0 Å². The van der Waals surface area contributed by atoms with E-state index in [1.54, 1.807) is 0 Å². The average molecular weight is 419 g/mol. The van der Waals surface area contributed by atoms with Crippen LogP contribution in [-0.2, 0) is 9.59 Å². The van der Waals surface area contributed by atoms with Crippen molar-refractivity contribution in [3.05, 3.63) is 35.9 Å². The van der Waals surface area contributed by atoms with E-state index in [0.717, 1.165) is 37.8 Å². The summed E-state index contributed by atoms with van der Waals surface area (Å²) in [4.78, 5) is 28.5. The standard InChI is InChI=1S/C24H35ClN2O2/c1-6-16(2)20(26-21(28)19(25)17-10-8-7-9-11-17)22(29)27-15-24(5)13-18(27)12-23(3,4)14-24/h7-11,16,18-20H,6,12-15H2,1-5H3,(H,26,28). The molecule has 1 aliphatic heterocycles. The van der Waals surface area contributed by atoms with Gasteiger partial charge in [0.1, 0.15) is 11.4 Å². The summed E-state index contributed by atoms with van der Waals surface area (Å²) in [5.41, 5.74) is 1.16. The first-order valence-electron chi connectivity index (χ1n) is 10.9. The van der Waals surface area contributed by atoms with Crippen LogP contribution < -0.4 is 5.32 Å². The Hall–Kier alpha value is -1.55. The summed E-state index contributed by atoms with van der Waals surface area (Å²) in [7, 11) is 0. The van der Waals surface area contributed by atoms with Crippen LogP contribution in [0.5, 0.6) is 0 Å². The number of halogens is 1. The van der Waals surface area contributed by atoms with E-state index in [0.29, 0.717) is 0 Å². The van der Waals surface area contributed by atoms with E-state index in [-0.39, 0.29) is 34.6 Å². The van der Waals surface area contributed by atoms with Gasteiger partial charge >= 0.3 is 0 Å². The fraction of sp³-hybridized carbons (Fsp3) is 0.667. The molecule has 5 unspecified atom stereocenters. The largest absolute Gasteiger partial charge is 0.342 e. The third kappa shape index (κ3) is 4.79. The minimum absolute atomic E-state index is 0.0485. The van der Waals surface area contributed by atoms with Crippen LogP contribution in [-0.4, -0.2) is 35.3 Å². The van der Waals surface area contributed by atoms with E-state index < -0.39 is 11.4 Å². The SMILES string of the molecule is CCC(C)C(NC(=O)C(Cl)c1ccccc1)C(=O)N1CC2(C)CC1CC(C)(C)C2. The molecule has 1 aromatic rings. The van der Waals surface area contributed by atoms with E-state index in [1.165, 1.54) is 0 Å². The second kappa shape index (κ2) is 8.29. The molecule has 1 N–H and O–H groups in total. The summed E-state index contributed by atoms with van der Waals surface area (Å²) in [6.45, 7) is 11.8. The number of amides is 2. The molecule has 0 spiro atoms. The van der Waals surface area contributed by atoms with Gasteiger partial charge in [-0.15, -0.1) is 11.6 Å². The number of carbonyl (C=O) groups excluding carboxylic acids is 2. The zero-order valence-electron chi connectivity index (χ0n) is 18.4. The van der Waals surface area contributed by atoms with Crippen molar-refractivity contribution in [2.24, 2.45) is 16.7 Å². The lowest BCUT2D eigenvalue weighted by Gasteiger charge is -2.39. The van der Waals surface area contributed by atoms with E-state index >= 15 is 0 Å². The minimum Gasteiger partial charge on any atom is -0.342 e. The summed E-state index contributed by atoms with van der Waals surface area (Å²) >= 11 is 6.42. The average Bonchev–Trinajstić information content (AvgIpc) is 2.93. The lowest BCUT2D eigenvalue weighted by atomic mass is 9.65. The van der Waals surface area contributed by atoms with Gasteiger partial charge in [-0.25, -0.2) is 0 Å². The molecule has 2 aliphatic rings. The number of nitrogens with zero attached hydrogens (tertiary/aromatic N) is 1. The first kappa shape index (κ1) is 22.1. The van der Waals surface area contributed by atoms with E-state index in [2.05, 4.69) is 37.9 Å². The van der Waals surface area contributed by atoms with Crippen molar-refractivity contribution < 1.29 is 9.59 Å². The third-order valence-electron chi connectivity index (χ3n) is 6.80. The number of fused-ring (bicyclic) bond motifs is 2. The van der Waals surface area contributed by atoms with Gasteiger partial charge in [0.05, 0.1) is 0 Å². The highest BCUT2D eigenvalue weighted by molar-refractivity contribution is 6.30. The van der Waals surface area contributed by atoms with Crippen molar-refractivity contribution in [1.29, 1.82) is 0 Å². The molecule has 3 rings (SSSR count). The van der Waals surface area contributed by atoms with Gasteiger partial charge in [-0.1, -0.05) is 71.4 Å². The quantitative estimate of drug-likeness (QED) is 0.666. The summed E-state index contributed by atoms with van der Waals surface area (Å²) < 4.78 is 0. The number of hydrogen-bond donors (Lipinski definition) is 1. The number of likely N-dealkylation sites (tertiary alicyclic amines) is 1. The first-order valence-corrected chi connectivity index (χ1v) is 11.3. The molecule has 160 valence electrons. The maximum atomic E-state index is 13.6. The molecular formula is C24H35ClN2O2. The summed E-state index contributed by atoms with van der Waals surface area (Å²) in [6, 6.07) is 9.02. The van der Waals surface area contributed by atoms with Crippen LogP contribution in [0.2, 0.25) is 0 Å². The normalized spacial score (nSPS) is 28.5. The molecule has 5 atom stereocenters. The molecule has 1 aliphatic carbocycles. The maximum absolute atomic E-state index is 13.6. The van der Waals surface area contributed by atoms with Gasteiger partial charge in [-0.05, 0) is 41.6 Å². The van der Waals surface area contributed by atoms with Crippen molar-refractivity contribution in [3.8, 4) is 0 Å². The summed E-state index contributed by atoms with van der Waals surface area (Å²) in [5.74, 6) is -0.200. The molecular weight excluding hydrogens is 384 g/mol. The maximum Gasteiger partial charge on any atom is 0.245 e. The molecule has 29 heavy (non-hydrogen) atoms. The van der Waals surface area contributed by atoms with Gasteiger partial charge < -0.3 is 10.2 Å². The van der Waals surface area contributed by atoms with Crippen LogP contribution >= 0.6 is 11.6 Å². The summed E-state index contributed by atoms with van der Waals surface area (Å²) in [6.07, 6.45) is 4.04. The van der Waals surface area contributed by atoms with Crippen LogP contribution in [0.25, 0.3) is 0 Å². The second-order valence-electron chi connectivity index (χ2n) is 10.3. The topological polar surface area (TPSA) is 49.4 Å². The molecule has 2 bridgehead atoms. The smallest absolute Gasteiger partial charge is 0.245 e. The van der Waals surface area contributed by atoms with Crippen LogP contribution in [0.15, 0.2) is 30.3 Å². The Kier molecular flexibility index (Phi) is 6.33. The lowest BCUT2D eigenvalue weighted by molar-refractivity contribution is -0.139. The minimum atomic E-state index is -0.801. The number of alkyl halides is 1. The Morgan fingerprint density at radius 3 is 2.48 bits per heavy atom. The highest BCUT2D eigenvalue weighted by atomic mass is 35.5. The highest BCUT2D eigenvalue weighted by Gasteiger charge is 2.52. The van der Waals surface area contributed by atoms with Crippen molar-refractivity contribution in [3.63, 3.8) is 0 Å². The molecule has 1 aromatic carbocycles. The van der Waals surface area contributed by atoms with E-state index in [1.807, 2.05) is 37.3 Å². The monoisotopic (exact) mass is 418 g/mol. The van der Waals surface area contributed by atoms with Crippen molar-refractivity contribution in [2.45, 2.75) is 77.8 Å². The van der Waals surface area contributed by atoms with Crippen molar-refractivity contribution >= 4 is 23.4 Å². The Morgan fingerprint density at radius 1 is 1.21 bits per heavy atom. The number of hydrogen-bond acceptors (Lipinski definition) is 2. The Labute approximate surface area is 180 Å². The molecule has 5 heteroatoms. The predicted octanol–water partition coefficient (Wildman–Crippen LogP) is 4.92. The number of rotatable bonds is 6. The van der Waals surface area contributed by atoms with Crippen LogP contribution in [0.1, 0.15) is 71.2 Å². The highest BCUT2D eigenvalue weighted by Crippen LogP contribution is 2.52. The van der Waals surface area contributed by atoms with Crippen LogP contribution in [0, 0.1) is 16.7 Å². The molecule has 2 fully saturated rings. The molecule has 0 radical (unpaired) electrons. The molecule has 1 saturated heterocycles. The number of carbonyl (C=O) groups is 2. The van der Waals surface area contributed by atoms with E-state index in [4.69, 9.17) is 11.6 Å². The second-order valence-corrected chi connectivity index (χ2v) is 10.8. The first-order chi connectivity index (χ1) is 13.6. The van der Waals surface area contributed by atoms with Crippen LogP contribution in [0.3, 0.4) is 0 Å². The molecule has 1 saturated carbocycles.